The molecule has 0 spiro atoms. The van der Waals surface area contributed by atoms with Gasteiger partial charge in [-0.3, -0.25) is 4.98 Å². The van der Waals surface area contributed by atoms with Crippen LogP contribution in [0.1, 0.15) is 45.2 Å². The van der Waals surface area contributed by atoms with E-state index in [4.69, 9.17) is 10.5 Å². The van der Waals surface area contributed by atoms with Gasteiger partial charge in [0.25, 0.3) is 0 Å². The molecule has 1 aromatic rings. The van der Waals surface area contributed by atoms with Crippen molar-refractivity contribution in [1.29, 1.82) is 0 Å². The Morgan fingerprint density at radius 1 is 1.41 bits per heavy atom. The van der Waals surface area contributed by atoms with Crippen molar-refractivity contribution >= 4 is 0 Å². The molecule has 94 valence electrons. The monoisotopic (exact) mass is 234 g/mol. The summed E-state index contributed by atoms with van der Waals surface area (Å²) in [5.41, 5.74) is 6.94. The Hall–Kier alpha value is -1.09. The van der Waals surface area contributed by atoms with Gasteiger partial charge in [0.15, 0.2) is 0 Å². The highest BCUT2D eigenvalue weighted by atomic mass is 16.5. The Labute approximate surface area is 103 Å². The number of nitrogens with zero attached hydrogens (tertiary/aromatic N) is 1. The van der Waals surface area contributed by atoms with Crippen LogP contribution < -0.4 is 10.5 Å². The summed E-state index contributed by atoms with van der Waals surface area (Å²) in [6.45, 7) is 5.14. The summed E-state index contributed by atoms with van der Waals surface area (Å²) in [4.78, 5) is 4.17. The molecule has 1 fully saturated rings. The van der Waals surface area contributed by atoms with Crippen LogP contribution in [0.5, 0.6) is 5.75 Å². The van der Waals surface area contributed by atoms with Crippen LogP contribution in [0.4, 0.5) is 0 Å². The molecule has 1 aliphatic carbocycles. The van der Waals surface area contributed by atoms with Crippen LogP contribution in [-0.4, -0.2) is 11.1 Å². The van der Waals surface area contributed by atoms with Crippen LogP contribution >= 0.6 is 0 Å². The molecular formula is C14H22N2O. The van der Waals surface area contributed by atoms with Crippen molar-refractivity contribution in [3.05, 3.63) is 24.0 Å². The van der Waals surface area contributed by atoms with E-state index < -0.39 is 0 Å². The third-order valence-electron chi connectivity index (χ3n) is 3.59. The van der Waals surface area contributed by atoms with Crippen molar-refractivity contribution in [1.82, 2.24) is 4.98 Å². The van der Waals surface area contributed by atoms with Crippen LogP contribution in [0.2, 0.25) is 0 Å². The highest BCUT2D eigenvalue weighted by Gasteiger charge is 2.27. The van der Waals surface area contributed by atoms with Gasteiger partial charge in [-0.05, 0) is 37.2 Å². The summed E-state index contributed by atoms with van der Waals surface area (Å²) in [7, 11) is 0. The number of pyridine rings is 1. The lowest BCUT2D eigenvalue weighted by atomic mass is 9.76. The molecule has 0 atom stereocenters. The number of hydrogen-bond donors (Lipinski definition) is 1. The quantitative estimate of drug-likeness (QED) is 0.874. The molecule has 0 bridgehead atoms. The molecule has 0 saturated heterocycles. The number of ether oxygens (including phenoxy) is 1. The number of nitrogens with two attached hydrogens (primary N) is 1. The lowest BCUT2D eigenvalue weighted by Crippen LogP contribution is -2.28. The fraction of sp³-hybridized carbons (Fsp3) is 0.643. The minimum atomic E-state index is 0.357. The minimum absolute atomic E-state index is 0.357. The Morgan fingerprint density at radius 2 is 2.12 bits per heavy atom. The van der Waals surface area contributed by atoms with E-state index in [1.54, 1.807) is 6.20 Å². The number of hydrogen-bond acceptors (Lipinski definition) is 3. The summed E-state index contributed by atoms with van der Waals surface area (Å²) < 4.78 is 6.00. The van der Waals surface area contributed by atoms with Gasteiger partial charge in [-0.15, -0.1) is 0 Å². The largest absolute Gasteiger partial charge is 0.490 e. The van der Waals surface area contributed by atoms with Gasteiger partial charge in [-0.1, -0.05) is 13.8 Å². The van der Waals surface area contributed by atoms with Crippen LogP contribution in [0.25, 0.3) is 0 Å². The molecule has 1 aliphatic rings. The van der Waals surface area contributed by atoms with E-state index in [1.807, 2.05) is 12.1 Å². The standard InChI is InChI=1S/C14H22N2O/c1-14(2)6-3-12(4-7-14)17-13-5-8-16-11(9-13)10-15/h5,8-9,12H,3-4,6-7,10,15H2,1-2H3. The Morgan fingerprint density at radius 3 is 2.76 bits per heavy atom. The summed E-state index contributed by atoms with van der Waals surface area (Å²) >= 11 is 0. The summed E-state index contributed by atoms with van der Waals surface area (Å²) in [6.07, 6.45) is 6.90. The Bertz CT molecular complexity index is 366. The normalized spacial score (nSPS) is 20.2. The molecule has 17 heavy (non-hydrogen) atoms. The van der Waals surface area contributed by atoms with Crippen molar-refractivity contribution in [3.8, 4) is 5.75 Å². The first kappa shape index (κ1) is 12.4. The van der Waals surface area contributed by atoms with Crippen molar-refractivity contribution in [2.45, 2.75) is 52.2 Å². The van der Waals surface area contributed by atoms with E-state index in [-0.39, 0.29) is 0 Å². The highest BCUT2D eigenvalue weighted by Crippen LogP contribution is 2.36. The molecule has 0 amide bonds. The second-order valence-electron chi connectivity index (χ2n) is 5.67. The lowest BCUT2D eigenvalue weighted by Gasteiger charge is -2.34. The SMILES string of the molecule is CC1(C)CCC(Oc2ccnc(CN)c2)CC1. The van der Waals surface area contributed by atoms with Gasteiger partial charge in [-0.2, -0.15) is 0 Å². The molecule has 3 heteroatoms. The van der Waals surface area contributed by atoms with Gasteiger partial charge in [0.2, 0.25) is 0 Å². The van der Waals surface area contributed by atoms with Gasteiger partial charge in [-0.25, -0.2) is 0 Å². The second-order valence-corrected chi connectivity index (χ2v) is 5.67. The zero-order valence-corrected chi connectivity index (χ0v) is 10.8. The zero-order valence-electron chi connectivity index (χ0n) is 10.8. The van der Waals surface area contributed by atoms with Crippen LogP contribution in [0, 0.1) is 5.41 Å². The maximum Gasteiger partial charge on any atom is 0.123 e. The average Bonchev–Trinajstić information content (AvgIpc) is 2.32. The maximum atomic E-state index is 6.00. The molecule has 0 unspecified atom stereocenters. The molecular weight excluding hydrogens is 212 g/mol. The lowest BCUT2D eigenvalue weighted by molar-refractivity contribution is 0.0986. The predicted octanol–water partition coefficient (Wildman–Crippen LogP) is 2.89. The molecule has 0 aliphatic heterocycles. The second kappa shape index (κ2) is 5.05. The topological polar surface area (TPSA) is 48.1 Å². The first-order valence-electron chi connectivity index (χ1n) is 6.41. The highest BCUT2D eigenvalue weighted by molar-refractivity contribution is 5.22. The molecule has 1 heterocycles. The van der Waals surface area contributed by atoms with Crippen LogP contribution in [0.15, 0.2) is 18.3 Å². The summed E-state index contributed by atoms with van der Waals surface area (Å²) in [5, 5.41) is 0. The molecule has 2 N–H and O–H groups in total. The Balaban J connectivity index is 1.93. The van der Waals surface area contributed by atoms with Crippen molar-refractivity contribution in [2.75, 3.05) is 0 Å². The van der Waals surface area contributed by atoms with E-state index in [0.717, 1.165) is 24.3 Å². The molecule has 0 aromatic carbocycles. The molecule has 2 rings (SSSR count). The Kier molecular flexibility index (Phi) is 3.67. The minimum Gasteiger partial charge on any atom is -0.490 e. The van der Waals surface area contributed by atoms with Gasteiger partial charge >= 0.3 is 0 Å². The first-order chi connectivity index (χ1) is 8.09. The molecule has 1 aromatic heterocycles. The van der Waals surface area contributed by atoms with Crippen LogP contribution in [-0.2, 0) is 6.54 Å². The molecule has 1 saturated carbocycles. The van der Waals surface area contributed by atoms with E-state index >= 15 is 0 Å². The van der Waals surface area contributed by atoms with Gasteiger partial charge in [0, 0.05) is 18.8 Å². The van der Waals surface area contributed by atoms with Gasteiger partial charge in [0.1, 0.15) is 5.75 Å². The predicted molar refractivity (Wildman–Crippen MR) is 68.8 cm³/mol. The maximum absolute atomic E-state index is 6.00. The third kappa shape index (κ3) is 3.43. The van der Waals surface area contributed by atoms with E-state index in [0.29, 0.717) is 18.1 Å². The van der Waals surface area contributed by atoms with Gasteiger partial charge in [0.05, 0.1) is 11.8 Å². The van der Waals surface area contributed by atoms with Gasteiger partial charge < -0.3 is 10.5 Å². The van der Waals surface area contributed by atoms with Crippen molar-refractivity contribution in [3.63, 3.8) is 0 Å². The first-order valence-corrected chi connectivity index (χ1v) is 6.41. The van der Waals surface area contributed by atoms with E-state index in [9.17, 15) is 0 Å². The fourth-order valence-electron chi connectivity index (χ4n) is 2.32. The molecule has 3 nitrogen and oxygen atoms in total. The van der Waals surface area contributed by atoms with Crippen molar-refractivity contribution in [2.24, 2.45) is 11.1 Å². The van der Waals surface area contributed by atoms with E-state index in [1.165, 1.54) is 12.8 Å². The fourth-order valence-corrected chi connectivity index (χ4v) is 2.32. The summed E-state index contributed by atoms with van der Waals surface area (Å²) in [5.74, 6) is 0.908. The average molecular weight is 234 g/mol. The van der Waals surface area contributed by atoms with E-state index in [2.05, 4.69) is 18.8 Å². The summed E-state index contributed by atoms with van der Waals surface area (Å²) in [6, 6.07) is 3.86. The number of aromatic nitrogens is 1. The molecule has 0 radical (unpaired) electrons. The smallest absolute Gasteiger partial charge is 0.123 e. The van der Waals surface area contributed by atoms with Crippen molar-refractivity contribution < 1.29 is 4.74 Å². The third-order valence-corrected chi connectivity index (χ3v) is 3.59. The number of rotatable bonds is 3. The zero-order chi connectivity index (χ0) is 12.3. The van der Waals surface area contributed by atoms with Crippen LogP contribution in [0.3, 0.4) is 0 Å².